The molecule has 1 unspecified atom stereocenters. The van der Waals surface area contributed by atoms with Gasteiger partial charge in [0.1, 0.15) is 47.4 Å². The van der Waals surface area contributed by atoms with Crippen LogP contribution in [0.5, 0.6) is 34.5 Å². The molecule has 2 aromatic carbocycles. The van der Waals surface area contributed by atoms with Gasteiger partial charge in [-0.2, -0.15) is 0 Å². The Morgan fingerprint density at radius 1 is 1.13 bits per heavy atom. The maximum Gasteiger partial charge on any atom is 0.181 e. The number of methoxy groups -OCH3 is 2. The van der Waals surface area contributed by atoms with Crippen LogP contribution in [0.4, 0.5) is 0 Å². The minimum absolute atomic E-state index is 0.150. The summed E-state index contributed by atoms with van der Waals surface area (Å²) in [4.78, 5) is 13.6. The summed E-state index contributed by atoms with van der Waals surface area (Å²) in [6.07, 6.45) is -0.187. The molecule has 0 aromatic heterocycles. The second-order valence-electron chi connectivity index (χ2n) is 7.79. The molecule has 3 atom stereocenters. The molecule has 3 aliphatic heterocycles. The van der Waals surface area contributed by atoms with Gasteiger partial charge in [0, 0.05) is 29.7 Å². The predicted molar refractivity (Wildman–Crippen MR) is 108 cm³/mol. The van der Waals surface area contributed by atoms with Gasteiger partial charge in [-0.15, -0.1) is 0 Å². The summed E-state index contributed by atoms with van der Waals surface area (Å²) in [7, 11) is 3.08. The van der Waals surface area contributed by atoms with Gasteiger partial charge in [0.15, 0.2) is 17.3 Å². The van der Waals surface area contributed by atoms with Gasteiger partial charge >= 0.3 is 0 Å². The van der Waals surface area contributed by atoms with E-state index in [1.807, 2.05) is 6.92 Å². The van der Waals surface area contributed by atoms with E-state index in [-0.39, 0.29) is 29.8 Å². The molecule has 0 aliphatic carbocycles. The number of carbonyl (C=O) groups excluding carboxylic acids is 1. The molecule has 0 fully saturated rings. The zero-order valence-electron chi connectivity index (χ0n) is 17.0. The van der Waals surface area contributed by atoms with Crippen molar-refractivity contribution in [1.82, 2.24) is 0 Å². The van der Waals surface area contributed by atoms with Crippen molar-refractivity contribution < 1.29 is 33.6 Å². The number of aromatic hydroxyl groups is 1. The summed E-state index contributed by atoms with van der Waals surface area (Å²) in [5.74, 6) is 1.48. The Hall–Kier alpha value is -3.35. The Morgan fingerprint density at radius 3 is 2.57 bits per heavy atom. The van der Waals surface area contributed by atoms with Gasteiger partial charge in [-0.05, 0) is 18.6 Å². The first-order valence-electron chi connectivity index (χ1n) is 9.73. The van der Waals surface area contributed by atoms with Crippen LogP contribution < -0.4 is 23.7 Å². The molecule has 3 heterocycles. The van der Waals surface area contributed by atoms with E-state index in [0.717, 1.165) is 11.1 Å². The fraction of sp³-hybridized carbons (Fsp3) is 0.348. The molecule has 0 radical (unpaired) electrons. The zero-order valence-corrected chi connectivity index (χ0v) is 17.0. The van der Waals surface area contributed by atoms with Gasteiger partial charge in [0.05, 0.1) is 20.1 Å². The second kappa shape index (κ2) is 6.58. The Labute approximate surface area is 173 Å². The normalized spacial score (nSPS) is 23.0. The van der Waals surface area contributed by atoms with E-state index in [1.54, 1.807) is 19.2 Å². The molecule has 7 nitrogen and oxygen atoms in total. The molecule has 0 bridgehead atoms. The summed E-state index contributed by atoms with van der Waals surface area (Å²) in [5, 5.41) is 10.7. The first kappa shape index (κ1) is 18.7. The molecule has 0 spiro atoms. The van der Waals surface area contributed by atoms with Crippen molar-refractivity contribution in [2.45, 2.75) is 31.5 Å². The maximum absolute atomic E-state index is 13.6. The molecule has 30 heavy (non-hydrogen) atoms. The highest BCUT2D eigenvalue weighted by molar-refractivity contribution is 6.08. The fourth-order valence-corrected chi connectivity index (χ4v) is 4.42. The van der Waals surface area contributed by atoms with Gasteiger partial charge in [0.25, 0.3) is 0 Å². The van der Waals surface area contributed by atoms with Crippen LogP contribution >= 0.6 is 0 Å². The predicted octanol–water partition coefficient (Wildman–Crippen LogP) is 3.41. The number of benzene rings is 2. The highest BCUT2D eigenvalue weighted by Crippen LogP contribution is 2.52. The lowest BCUT2D eigenvalue weighted by Gasteiger charge is -2.37. The molecule has 5 rings (SSSR count). The molecular formula is C23H22O7. The van der Waals surface area contributed by atoms with E-state index < -0.39 is 12.0 Å². The molecule has 2 aromatic rings. The first-order chi connectivity index (χ1) is 14.4. The van der Waals surface area contributed by atoms with Crippen LogP contribution in [0.15, 0.2) is 30.4 Å². The fourth-order valence-electron chi connectivity index (χ4n) is 4.42. The van der Waals surface area contributed by atoms with Crippen LogP contribution in [0.25, 0.3) is 0 Å². The average molecular weight is 410 g/mol. The summed E-state index contributed by atoms with van der Waals surface area (Å²) in [5.41, 5.74) is 2.48. The van der Waals surface area contributed by atoms with Crippen molar-refractivity contribution in [1.29, 1.82) is 0 Å². The molecule has 3 aliphatic rings. The maximum atomic E-state index is 13.6. The minimum atomic E-state index is -0.621. The van der Waals surface area contributed by atoms with Gasteiger partial charge < -0.3 is 28.8 Å². The average Bonchev–Trinajstić information content (AvgIpc) is 3.16. The zero-order chi connectivity index (χ0) is 21.2. The number of ether oxygens (including phenoxy) is 5. The van der Waals surface area contributed by atoms with E-state index in [2.05, 4.69) is 6.58 Å². The quantitative estimate of drug-likeness (QED) is 0.777. The molecule has 156 valence electrons. The highest BCUT2D eigenvalue weighted by atomic mass is 16.5. The largest absolute Gasteiger partial charge is 0.507 e. The number of hydrogen-bond acceptors (Lipinski definition) is 7. The van der Waals surface area contributed by atoms with E-state index >= 15 is 0 Å². The van der Waals surface area contributed by atoms with Gasteiger partial charge in [-0.1, -0.05) is 6.58 Å². The third-order valence-corrected chi connectivity index (χ3v) is 5.95. The van der Waals surface area contributed by atoms with E-state index in [1.165, 1.54) is 13.2 Å². The van der Waals surface area contributed by atoms with E-state index in [9.17, 15) is 9.90 Å². The van der Waals surface area contributed by atoms with Gasteiger partial charge in [-0.3, -0.25) is 4.79 Å². The topological polar surface area (TPSA) is 83.5 Å². The lowest BCUT2D eigenvalue weighted by molar-refractivity contribution is 0.0549. The number of ketones is 1. The van der Waals surface area contributed by atoms with E-state index in [0.29, 0.717) is 40.7 Å². The van der Waals surface area contributed by atoms with Crippen molar-refractivity contribution in [2.75, 3.05) is 20.8 Å². The van der Waals surface area contributed by atoms with Crippen LogP contribution in [0.3, 0.4) is 0 Å². The Balaban J connectivity index is 1.62. The SMILES string of the molecule is C=C(C)C1Cc2c(cc(O)c3c2O[C@@H]2COc4cc(OC)c(OC)cc4[C@@H]2C3=O)O1. The Bertz CT molecular complexity index is 1090. The summed E-state index contributed by atoms with van der Waals surface area (Å²) in [6, 6.07) is 4.94. The number of phenolic OH excluding ortho intramolecular Hbond substituents is 1. The molecular weight excluding hydrogens is 388 g/mol. The molecule has 0 amide bonds. The van der Waals surface area contributed by atoms with Gasteiger partial charge in [0.2, 0.25) is 0 Å². The number of hydrogen-bond donors (Lipinski definition) is 1. The van der Waals surface area contributed by atoms with Crippen molar-refractivity contribution in [3.05, 3.63) is 47.0 Å². The molecule has 0 saturated carbocycles. The summed E-state index contributed by atoms with van der Waals surface area (Å²) >= 11 is 0. The summed E-state index contributed by atoms with van der Waals surface area (Å²) < 4.78 is 28.8. The van der Waals surface area contributed by atoms with Crippen LogP contribution in [-0.2, 0) is 6.42 Å². The number of fused-ring (bicyclic) bond motifs is 6. The number of rotatable bonds is 3. The Morgan fingerprint density at radius 2 is 1.87 bits per heavy atom. The van der Waals surface area contributed by atoms with Crippen LogP contribution in [0.2, 0.25) is 0 Å². The van der Waals surface area contributed by atoms with Crippen molar-refractivity contribution in [3.8, 4) is 34.5 Å². The lowest BCUT2D eigenvalue weighted by atomic mass is 9.80. The van der Waals surface area contributed by atoms with Crippen molar-refractivity contribution in [3.63, 3.8) is 0 Å². The molecule has 1 N–H and O–H groups in total. The third-order valence-electron chi connectivity index (χ3n) is 5.95. The van der Waals surface area contributed by atoms with Gasteiger partial charge in [-0.25, -0.2) is 0 Å². The number of phenols is 1. The lowest BCUT2D eigenvalue weighted by Crippen LogP contribution is -2.43. The van der Waals surface area contributed by atoms with Crippen molar-refractivity contribution >= 4 is 5.78 Å². The smallest absolute Gasteiger partial charge is 0.181 e. The van der Waals surface area contributed by atoms with Crippen molar-refractivity contribution in [2.24, 2.45) is 0 Å². The standard InChI is InChI=1S/C23H22O7/c1-10(2)14-6-12-16(29-14)7-13(24)21-22(25)20-11-5-17(26-3)18(27-4)8-15(11)28-9-19(20)30-23(12)21/h5,7-8,14,19-20,24H,1,6,9H2,2-4H3/t14?,19-,20+/m1/s1. The van der Waals surface area contributed by atoms with Crippen LogP contribution in [0.1, 0.15) is 34.3 Å². The molecule has 7 heteroatoms. The van der Waals surface area contributed by atoms with E-state index in [4.69, 9.17) is 23.7 Å². The highest BCUT2D eigenvalue weighted by Gasteiger charge is 2.47. The second-order valence-corrected chi connectivity index (χ2v) is 7.79. The molecule has 0 saturated heterocycles. The summed E-state index contributed by atoms with van der Waals surface area (Å²) in [6.45, 7) is 6.04. The number of Topliss-reactive ketones (excluding diaryl/α,β-unsaturated/α-hetero) is 1. The number of carbonyl (C=O) groups is 1. The van der Waals surface area contributed by atoms with Crippen LogP contribution in [0, 0.1) is 0 Å². The monoisotopic (exact) mass is 410 g/mol. The third kappa shape index (κ3) is 2.54. The first-order valence-corrected chi connectivity index (χ1v) is 9.73. The minimum Gasteiger partial charge on any atom is -0.507 e. The van der Waals surface area contributed by atoms with Crippen LogP contribution in [-0.4, -0.2) is 43.9 Å². The Kier molecular flexibility index (Phi) is 4.10.